The molecule has 0 saturated heterocycles. The largest absolute Gasteiger partial charge is 0.493 e. The molecule has 0 fully saturated rings. The molecule has 3 rings (SSSR count). The van der Waals surface area contributed by atoms with Crippen LogP contribution in [0.2, 0.25) is 0 Å². The van der Waals surface area contributed by atoms with Crippen molar-refractivity contribution < 1.29 is 18.7 Å². The number of nitrogens with zero attached hydrogens (tertiary/aromatic N) is 2. The Morgan fingerprint density at radius 2 is 1.85 bits per heavy atom. The molecule has 6 heteroatoms. The van der Waals surface area contributed by atoms with Crippen LogP contribution in [0.15, 0.2) is 65.1 Å². The fourth-order valence-electron chi connectivity index (χ4n) is 2.42. The molecule has 0 saturated carbocycles. The van der Waals surface area contributed by atoms with E-state index in [-0.39, 0.29) is 5.89 Å². The predicted molar refractivity (Wildman–Crippen MR) is 101 cm³/mol. The van der Waals surface area contributed by atoms with Crippen molar-refractivity contribution in [3.05, 3.63) is 72.1 Å². The van der Waals surface area contributed by atoms with Crippen LogP contribution in [0, 0.1) is 0 Å². The Kier molecular flexibility index (Phi) is 5.99. The van der Waals surface area contributed by atoms with E-state index < -0.39 is 12.1 Å². The molecule has 1 aromatic heterocycles. The Morgan fingerprint density at radius 3 is 2.63 bits per heavy atom. The highest BCUT2D eigenvalue weighted by Crippen LogP contribution is 2.23. The fraction of sp³-hybridized carbons (Fsp3) is 0.190. The number of carbonyl (C=O) groups is 1. The van der Waals surface area contributed by atoms with Gasteiger partial charge in [0, 0.05) is 17.2 Å². The second kappa shape index (κ2) is 8.80. The van der Waals surface area contributed by atoms with E-state index in [0.717, 1.165) is 11.1 Å². The van der Waals surface area contributed by atoms with Gasteiger partial charge in [-0.05, 0) is 38.1 Å². The summed E-state index contributed by atoms with van der Waals surface area (Å²) >= 11 is 0. The fourth-order valence-corrected chi connectivity index (χ4v) is 2.42. The molecule has 0 bridgehead atoms. The van der Waals surface area contributed by atoms with E-state index in [9.17, 15) is 4.79 Å². The van der Waals surface area contributed by atoms with Crippen molar-refractivity contribution in [2.45, 2.75) is 20.0 Å². The minimum absolute atomic E-state index is 0.241. The van der Waals surface area contributed by atoms with Crippen LogP contribution >= 0.6 is 0 Å². The molecule has 0 aliphatic carbocycles. The Morgan fingerprint density at radius 1 is 1.11 bits per heavy atom. The van der Waals surface area contributed by atoms with Gasteiger partial charge in [-0.2, -0.15) is 0 Å². The number of hydrogen-bond donors (Lipinski definition) is 0. The first-order valence-corrected chi connectivity index (χ1v) is 8.66. The standard InChI is InChI=1S/C21H20N2O4/c1-3-25-18-12-8-7-9-16(18)13-14-19(24)26-15(2)20-22-23-21(27-20)17-10-5-4-6-11-17/h4-15H,3H2,1-2H3/b14-13+/t15-/m0/s1. The van der Waals surface area contributed by atoms with E-state index in [1.807, 2.05) is 61.5 Å². The number of aromatic nitrogens is 2. The Bertz CT molecular complexity index is 919. The second-order valence-corrected chi connectivity index (χ2v) is 5.69. The van der Waals surface area contributed by atoms with Crippen LogP contribution in [-0.2, 0) is 9.53 Å². The van der Waals surface area contributed by atoms with Crippen molar-refractivity contribution in [1.82, 2.24) is 10.2 Å². The van der Waals surface area contributed by atoms with Crippen LogP contribution in [0.4, 0.5) is 0 Å². The molecular weight excluding hydrogens is 344 g/mol. The summed E-state index contributed by atoms with van der Waals surface area (Å²) in [7, 11) is 0. The second-order valence-electron chi connectivity index (χ2n) is 5.69. The zero-order valence-corrected chi connectivity index (χ0v) is 15.2. The number of carbonyl (C=O) groups excluding carboxylic acids is 1. The summed E-state index contributed by atoms with van der Waals surface area (Å²) < 4.78 is 16.5. The molecule has 0 radical (unpaired) electrons. The van der Waals surface area contributed by atoms with E-state index in [0.29, 0.717) is 18.2 Å². The Balaban J connectivity index is 1.64. The van der Waals surface area contributed by atoms with Gasteiger partial charge in [-0.1, -0.05) is 36.4 Å². The third-order valence-corrected chi connectivity index (χ3v) is 3.72. The molecule has 1 atom stereocenters. The number of ether oxygens (including phenoxy) is 2. The average molecular weight is 364 g/mol. The summed E-state index contributed by atoms with van der Waals surface area (Å²) in [6, 6.07) is 16.9. The molecule has 0 N–H and O–H groups in total. The van der Waals surface area contributed by atoms with Gasteiger partial charge in [0.05, 0.1) is 6.61 Å². The quantitative estimate of drug-likeness (QED) is 0.455. The summed E-state index contributed by atoms with van der Waals surface area (Å²) in [6.07, 6.45) is 2.35. The molecule has 1 heterocycles. The maximum atomic E-state index is 12.1. The molecule has 6 nitrogen and oxygen atoms in total. The molecule has 0 amide bonds. The van der Waals surface area contributed by atoms with Crippen molar-refractivity contribution in [3.63, 3.8) is 0 Å². The molecule has 138 valence electrons. The molecule has 0 unspecified atom stereocenters. The van der Waals surface area contributed by atoms with Crippen molar-refractivity contribution >= 4 is 12.0 Å². The smallest absolute Gasteiger partial charge is 0.331 e. The van der Waals surface area contributed by atoms with E-state index in [1.165, 1.54) is 6.08 Å². The molecule has 0 aliphatic heterocycles. The molecular formula is C21H20N2O4. The number of hydrogen-bond acceptors (Lipinski definition) is 6. The molecule has 0 spiro atoms. The van der Waals surface area contributed by atoms with Gasteiger partial charge >= 0.3 is 5.97 Å². The third-order valence-electron chi connectivity index (χ3n) is 3.72. The van der Waals surface area contributed by atoms with Crippen LogP contribution in [0.5, 0.6) is 5.75 Å². The van der Waals surface area contributed by atoms with Crippen molar-refractivity contribution in [3.8, 4) is 17.2 Å². The van der Waals surface area contributed by atoms with Gasteiger partial charge in [0.1, 0.15) is 5.75 Å². The monoisotopic (exact) mass is 364 g/mol. The third kappa shape index (κ3) is 4.82. The lowest BCUT2D eigenvalue weighted by molar-refractivity contribution is -0.143. The normalized spacial score (nSPS) is 12.1. The Hall–Kier alpha value is -3.41. The first-order chi connectivity index (χ1) is 13.2. The van der Waals surface area contributed by atoms with Crippen LogP contribution < -0.4 is 4.74 Å². The number of esters is 1. The van der Waals surface area contributed by atoms with Gasteiger partial charge in [0.25, 0.3) is 5.89 Å². The molecule has 2 aromatic carbocycles. The summed E-state index contributed by atoms with van der Waals surface area (Å²) in [4.78, 5) is 12.1. The van der Waals surface area contributed by atoms with E-state index in [4.69, 9.17) is 13.9 Å². The lowest BCUT2D eigenvalue weighted by atomic mass is 10.2. The maximum absolute atomic E-state index is 12.1. The van der Waals surface area contributed by atoms with Gasteiger partial charge in [0.2, 0.25) is 5.89 Å². The SMILES string of the molecule is CCOc1ccccc1/C=C/C(=O)O[C@@H](C)c1nnc(-c2ccccc2)o1. The molecule has 27 heavy (non-hydrogen) atoms. The van der Waals surface area contributed by atoms with E-state index in [1.54, 1.807) is 13.0 Å². The van der Waals surface area contributed by atoms with Gasteiger partial charge in [0.15, 0.2) is 6.10 Å². The van der Waals surface area contributed by atoms with Gasteiger partial charge in [-0.15, -0.1) is 10.2 Å². The van der Waals surface area contributed by atoms with Crippen LogP contribution in [0.25, 0.3) is 17.5 Å². The zero-order valence-electron chi connectivity index (χ0n) is 15.2. The highest BCUT2D eigenvalue weighted by Gasteiger charge is 2.18. The van der Waals surface area contributed by atoms with Gasteiger partial charge in [-0.25, -0.2) is 4.79 Å². The van der Waals surface area contributed by atoms with Crippen LogP contribution in [0.1, 0.15) is 31.4 Å². The first kappa shape index (κ1) is 18.4. The van der Waals surface area contributed by atoms with Crippen LogP contribution in [0.3, 0.4) is 0 Å². The topological polar surface area (TPSA) is 74.5 Å². The summed E-state index contributed by atoms with van der Waals surface area (Å²) in [6.45, 7) is 4.14. The summed E-state index contributed by atoms with van der Waals surface area (Å²) in [5.74, 6) is 0.828. The van der Waals surface area contributed by atoms with Crippen LogP contribution in [-0.4, -0.2) is 22.8 Å². The van der Waals surface area contributed by atoms with E-state index >= 15 is 0 Å². The first-order valence-electron chi connectivity index (χ1n) is 8.66. The highest BCUT2D eigenvalue weighted by atomic mass is 16.6. The number of benzene rings is 2. The highest BCUT2D eigenvalue weighted by molar-refractivity contribution is 5.87. The van der Waals surface area contributed by atoms with Crippen molar-refractivity contribution in [2.24, 2.45) is 0 Å². The predicted octanol–water partition coefficient (Wildman–Crippen LogP) is 4.45. The lowest BCUT2D eigenvalue weighted by Gasteiger charge is -2.08. The Labute approximate surface area is 157 Å². The average Bonchev–Trinajstić information content (AvgIpc) is 3.19. The van der Waals surface area contributed by atoms with Crippen molar-refractivity contribution in [1.29, 1.82) is 0 Å². The van der Waals surface area contributed by atoms with Gasteiger partial charge < -0.3 is 13.9 Å². The van der Waals surface area contributed by atoms with E-state index in [2.05, 4.69) is 10.2 Å². The van der Waals surface area contributed by atoms with Gasteiger partial charge in [-0.3, -0.25) is 0 Å². The minimum Gasteiger partial charge on any atom is -0.493 e. The number of para-hydroxylation sites is 1. The lowest BCUT2D eigenvalue weighted by Crippen LogP contribution is -2.06. The number of rotatable bonds is 7. The zero-order chi connectivity index (χ0) is 19.1. The minimum atomic E-state index is -0.658. The summed E-state index contributed by atoms with van der Waals surface area (Å²) in [5.41, 5.74) is 1.61. The maximum Gasteiger partial charge on any atom is 0.331 e. The summed E-state index contributed by atoms with van der Waals surface area (Å²) in [5, 5.41) is 7.96. The molecule has 3 aromatic rings. The molecule has 0 aliphatic rings. The van der Waals surface area contributed by atoms with Crippen molar-refractivity contribution in [2.75, 3.05) is 6.61 Å².